The highest BCUT2D eigenvalue weighted by Gasteiger charge is 2.27. The highest BCUT2D eigenvalue weighted by atomic mass is 35.5. The number of rotatable bonds is 4. The average Bonchev–Trinajstić information content (AvgIpc) is 3.41. The van der Waals surface area contributed by atoms with E-state index in [1.165, 1.54) is 6.33 Å². The van der Waals surface area contributed by atoms with Crippen LogP contribution in [0.3, 0.4) is 0 Å². The van der Waals surface area contributed by atoms with Gasteiger partial charge in [0.2, 0.25) is 5.91 Å². The fourth-order valence-corrected chi connectivity index (χ4v) is 5.22. The average molecular weight is 488 g/mol. The number of nitrogens with zero attached hydrogens (tertiary/aromatic N) is 6. The van der Waals surface area contributed by atoms with Crippen LogP contribution >= 0.6 is 11.6 Å². The molecule has 1 saturated heterocycles. The number of amides is 1. The molecule has 1 fully saturated rings. The van der Waals surface area contributed by atoms with Gasteiger partial charge in [-0.3, -0.25) is 14.3 Å². The first-order valence-electron chi connectivity index (χ1n) is 11.5. The molecule has 0 bridgehead atoms. The summed E-state index contributed by atoms with van der Waals surface area (Å²) in [5.74, 6) is 0.0117. The summed E-state index contributed by atoms with van der Waals surface area (Å²) in [5, 5.41) is 1.48. The lowest BCUT2D eigenvalue weighted by Gasteiger charge is -2.32. The van der Waals surface area contributed by atoms with Gasteiger partial charge in [-0.1, -0.05) is 29.8 Å². The highest BCUT2D eigenvalue weighted by molar-refractivity contribution is 6.33. The number of likely N-dealkylation sites (tertiary alicyclic amines) is 1. The van der Waals surface area contributed by atoms with Crippen molar-refractivity contribution >= 4 is 39.7 Å². The van der Waals surface area contributed by atoms with Crippen molar-refractivity contribution in [2.75, 3.05) is 13.1 Å². The van der Waals surface area contributed by atoms with E-state index in [2.05, 4.69) is 19.9 Å². The summed E-state index contributed by atoms with van der Waals surface area (Å²) in [5.41, 5.74) is 3.69. The molecule has 0 atom stereocenters. The SMILES string of the molecule is O=C(Cn1cc(-c2ccccc2Cl)c2cncnc21)N1CCC(n2c(=O)[nH]c3ncccc32)CC1. The van der Waals surface area contributed by atoms with Crippen molar-refractivity contribution in [1.29, 1.82) is 0 Å². The van der Waals surface area contributed by atoms with Gasteiger partial charge in [0.05, 0.1) is 5.52 Å². The van der Waals surface area contributed by atoms with Crippen molar-refractivity contribution in [3.05, 3.63) is 76.8 Å². The van der Waals surface area contributed by atoms with Crippen molar-refractivity contribution in [1.82, 2.24) is 34.0 Å². The summed E-state index contributed by atoms with van der Waals surface area (Å²) in [6.07, 6.45) is 8.22. The minimum Gasteiger partial charge on any atom is -0.341 e. The lowest BCUT2D eigenvalue weighted by molar-refractivity contribution is -0.133. The van der Waals surface area contributed by atoms with Crippen LogP contribution < -0.4 is 5.69 Å². The zero-order chi connectivity index (χ0) is 23.9. The first-order valence-corrected chi connectivity index (χ1v) is 11.8. The van der Waals surface area contributed by atoms with Crippen LogP contribution in [0.5, 0.6) is 0 Å². The molecule has 10 heteroatoms. The van der Waals surface area contributed by atoms with Crippen molar-refractivity contribution < 1.29 is 4.79 Å². The van der Waals surface area contributed by atoms with E-state index in [1.807, 2.05) is 52.1 Å². The van der Waals surface area contributed by atoms with Crippen LogP contribution in [-0.2, 0) is 11.3 Å². The Labute approximate surface area is 205 Å². The monoisotopic (exact) mass is 487 g/mol. The Morgan fingerprint density at radius 2 is 1.91 bits per heavy atom. The van der Waals surface area contributed by atoms with Crippen LogP contribution in [0.4, 0.5) is 0 Å². The molecule has 176 valence electrons. The van der Waals surface area contributed by atoms with Gasteiger partial charge in [-0.2, -0.15) is 0 Å². The predicted octanol–water partition coefficient (Wildman–Crippen LogP) is 3.65. The second-order valence-corrected chi connectivity index (χ2v) is 9.10. The maximum atomic E-state index is 13.2. The van der Waals surface area contributed by atoms with Gasteiger partial charge in [0, 0.05) is 59.3 Å². The number of nitrogens with one attached hydrogen (secondary N) is 1. The van der Waals surface area contributed by atoms with Crippen LogP contribution in [0.25, 0.3) is 33.3 Å². The van der Waals surface area contributed by atoms with Crippen molar-refractivity contribution in [3.63, 3.8) is 0 Å². The number of halogens is 1. The number of hydrogen-bond donors (Lipinski definition) is 1. The molecule has 1 amide bonds. The maximum Gasteiger partial charge on any atom is 0.327 e. The number of hydrogen-bond acceptors (Lipinski definition) is 5. The minimum absolute atomic E-state index is 0.0117. The Balaban J connectivity index is 1.22. The molecular weight excluding hydrogens is 466 g/mol. The van der Waals surface area contributed by atoms with E-state index in [0.717, 1.165) is 22.0 Å². The Morgan fingerprint density at radius 1 is 1.09 bits per heavy atom. The Morgan fingerprint density at radius 3 is 2.74 bits per heavy atom. The van der Waals surface area contributed by atoms with Gasteiger partial charge >= 0.3 is 5.69 Å². The molecule has 1 aromatic carbocycles. The topological polar surface area (TPSA) is 102 Å². The number of pyridine rings is 1. The van der Waals surface area contributed by atoms with Crippen LogP contribution in [-0.4, -0.2) is 53.0 Å². The third-order valence-electron chi connectivity index (χ3n) is 6.68. The maximum absolute atomic E-state index is 13.2. The van der Waals surface area contributed by atoms with Crippen molar-refractivity contribution in [2.24, 2.45) is 0 Å². The zero-order valence-corrected chi connectivity index (χ0v) is 19.5. The molecule has 4 aromatic heterocycles. The molecule has 0 radical (unpaired) electrons. The molecule has 1 N–H and O–H groups in total. The van der Waals surface area contributed by atoms with E-state index in [1.54, 1.807) is 17.0 Å². The number of aromatic nitrogens is 6. The molecule has 0 saturated carbocycles. The summed E-state index contributed by atoms with van der Waals surface area (Å²) in [6.45, 7) is 1.32. The molecule has 5 aromatic rings. The highest BCUT2D eigenvalue weighted by Crippen LogP contribution is 2.34. The molecule has 9 nitrogen and oxygen atoms in total. The number of carbonyl (C=O) groups is 1. The number of imidazole rings is 1. The molecule has 1 aliphatic rings. The van der Waals surface area contributed by atoms with E-state index in [9.17, 15) is 9.59 Å². The Kier molecular flexibility index (Phi) is 5.33. The van der Waals surface area contributed by atoms with Gasteiger partial charge in [0.1, 0.15) is 18.5 Å². The molecule has 35 heavy (non-hydrogen) atoms. The van der Waals surface area contributed by atoms with Crippen LogP contribution in [0, 0.1) is 0 Å². The molecule has 5 heterocycles. The van der Waals surface area contributed by atoms with Gasteiger partial charge in [-0.25, -0.2) is 19.7 Å². The smallest absolute Gasteiger partial charge is 0.327 e. The first kappa shape index (κ1) is 21.5. The Bertz CT molecular complexity index is 1610. The summed E-state index contributed by atoms with van der Waals surface area (Å²) < 4.78 is 3.64. The number of H-pyrrole nitrogens is 1. The van der Waals surface area contributed by atoms with E-state index < -0.39 is 0 Å². The quantitative estimate of drug-likeness (QED) is 0.417. The van der Waals surface area contributed by atoms with Gasteiger partial charge < -0.3 is 9.47 Å². The van der Waals surface area contributed by atoms with Crippen LogP contribution in [0.1, 0.15) is 18.9 Å². The molecule has 6 rings (SSSR count). The van der Waals surface area contributed by atoms with Crippen molar-refractivity contribution in [3.8, 4) is 11.1 Å². The largest absolute Gasteiger partial charge is 0.341 e. The van der Waals surface area contributed by atoms with Crippen molar-refractivity contribution in [2.45, 2.75) is 25.4 Å². The fourth-order valence-electron chi connectivity index (χ4n) is 4.98. The summed E-state index contributed by atoms with van der Waals surface area (Å²) in [7, 11) is 0. The molecule has 1 aliphatic heterocycles. The lowest BCUT2D eigenvalue weighted by atomic mass is 10.0. The fraction of sp³-hybridized carbons (Fsp3) is 0.240. The lowest BCUT2D eigenvalue weighted by Crippen LogP contribution is -2.41. The number of piperidine rings is 1. The summed E-state index contributed by atoms with van der Waals surface area (Å²) in [4.78, 5) is 43.3. The van der Waals surface area contributed by atoms with Crippen LogP contribution in [0.2, 0.25) is 5.02 Å². The van der Waals surface area contributed by atoms with E-state index in [0.29, 0.717) is 42.2 Å². The number of aromatic amines is 1. The second-order valence-electron chi connectivity index (χ2n) is 8.69. The third kappa shape index (κ3) is 3.77. The molecule has 0 aliphatic carbocycles. The third-order valence-corrected chi connectivity index (χ3v) is 7.01. The summed E-state index contributed by atoms with van der Waals surface area (Å²) in [6, 6.07) is 11.3. The van der Waals surface area contributed by atoms with E-state index >= 15 is 0 Å². The van der Waals surface area contributed by atoms with E-state index in [4.69, 9.17) is 11.6 Å². The van der Waals surface area contributed by atoms with Crippen LogP contribution in [0.15, 0.2) is 66.1 Å². The molecular formula is C25H22ClN7O2. The Hall–Kier alpha value is -3.98. The number of fused-ring (bicyclic) bond motifs is 2. The first-order chi connectivity index (χ1) is 17.1. The van der Waals surface area contributed by atoms with E-state index in [-0.39, 0.29) is 24.2 Å². The minimum atomic E-state index is -0.158. The molecule has 0 spiro atoms. The van der Waals surface area contributed by atoms with Gasteiger partial charge in [0.25, 0.3) is 0 Å². The molecule has 0 unspecified atom stereocenters. The normalized spacial score (nSPS) is 14.7. The summed E-state index contributed by atoms with van der Waals surface area (Å²) >= 11 is 6.44. The zero-order valence-electron chi connectivity index (χ0n) is 18.8. The number of carbonyl (C=O) groups excluding carboxylic acids is 1. The number of benzene rings is 1. The van der Waals surface area contributed by atoms with Gasteiger partial charge in [-0.15, -0.1) is 0 Å². The predicted molar refractivity (Wildman–Crippen MR) is 133 cm³/mol. The van der Waals surface area contributed by atoms with Gasteiger partial charge in [0.15, 0.2) is 5.65 Å². The standard InChI is InChI=1S/C25H22ClN7O2/c26-20-5-2-1-4-17(20)19-13-32(24-18(19)12-27-15-29-24)14-22(34)31-10-7-16(8-11-31)33-21-6-3-9-28-23(21)30-25(33)35/h1-6,9,12-13,15-16H,7-8,10-11,14H2,(H,28,30,35). The van der Waals surface area contributed by atoms with Gasteiger partial charge in [-0.05, 0) is 31.0 Å². The second kappa shape index (κ2) is 8.66.